The number of nitrogens with zero attached hydrogens (tertiary/aromatic N) is 4. The molecular weight excluding hydrogens is 502 g/mol. The maximum atomic E-state index is 12.4. The van der Waals surface area contributed by atoms with E-state index in [1.54, 1.807) is 13.3 Å². The predicted molar refractivity (Wildman–Crippen MR) is 134 cm³/mol. The summed E-state index contributed by atoms with van der Waals surface area (Å²) in [4.78, 5) is 12.4. The zero-order chi connectivity index (χ0) is 23.0. The fourth-order valence-corrected chi connectivity index (χ4v) is 4.08. The van der Waals surface area contributed by atoms with E-state index < -0.39 is 0 Å². The number of carbonyl (C=O) groups excluding carboxylic acids is 1. The van der Waals surface area contributed by atoms with Crippen molar-refractivity contribution in [3.8, 4) is 22.8 Å². The summed E-state index contributed by atoms with van der Waals surface area (Å²) in [5, 5.41) is 13.4. The molecule has 1 N–H and O–H groups in total. The number of hydrogen-bond acceptors (Lipinski definition) is 6. The average Bonchev–Trinajstić information content (AvgIpc) is 3.28. The predicted octanol–water partition coefficient (Wildman–Crippen LogP) is 4.95. The van der Waals surface area contributed by atoms with Gasteiger partial charge in [-0.15, -0.1) is 10.2 Å². The molecule has 0 radical (unpaired) electrons. The molecular formula is C24H20BrN5O2S. The minimum atomic E-state index is -0.251. The lowest BCUT2D eigenvalue weighted by Gasteiger charge is -2.10. The van der Waals surface area contributed by atoms with E-state index >= 15 is 0 Å². The van der Waals surface area contributed by atoms with E-state index in [9.17, 15) is 4.79 Å². The van der Waals surface area contributed by atoms with Crippen molar-refractivity contribution < 1.29 is 9.53 Å². The van der Waals surface area contributed by atoms with Crippen LogP contribution in [0.5, 0.6) is 5.75 Å². The van der Waals surface area contributed by atoms with E-state index in [0.717, 1.165) is 21.3 Å². The first kappa shape index (κ1) is 22.8. The number of nitrogens with one attached hydrogen (secondary N) is 1. The molecule has 0 spiro atoms. The fourth-order valence-electron chi connectivity index (χ4n) is 3.07. The molecule has 1 heterocycles. The Morgan fingerprint density at radius 3 is 2.55 bits per heavy atom. The molecule has 0 aliphatic heterocycles. The van der Waals surface area contributed by atoms with Gasteiger partial charge in [-0.1, -0.05) is 70.2 Å². The Hall–Kier alpha value is -3.43. The van der Waals surface area contributed by atoms with Crippen LogP contribution in [0.15, 0.2) is 93.6 Å². The third-order valence-corrected chi connectivity index (χ3v) is 6.07. The lowest BCUT2D eigenvalue weighted by Crippen LogP contribution is -2.20. The first-order valence-electron chi connectivity index (χ1n) is 10.00. The minimum absolute atomic E-state index is 0.134. The number of hydrazone groups is 1. The molecule has 7 nitrogen and oxygen atoms in total. The summed E-state index contributed by atoms with van der Waals surface area (Å²) in [6.07, 6.45) is 1.56. The number of methoxy groups -OCH3 is 1. The zero-order valence-electron chi connectivity index (χ0n) is 17.7. The van der Waals surface area contributed by atoms with Crippen LogP contribution in [0, 0.1) is 0 Å². The SMILES string of the molecule is COc1ccccc1/C=N/NC(=O)CSc1nnc(-c2ccc(Br)cc2)n1-c1ccccc1. The molecule has 9 heteroatoms. The van der Waals surface area contributed by atoms with Gasteiger partial charge in [0.05, 0.1) is 19.1 Å². The standard InChI is InChI=1S/C24H20BrN5O2S/c1-32-21-10-6-5-7-18(21)15-26-27-22(31)16-33-24-29-28-23(17-11-13-19(25)14-12-17)30(24)20-8-3-2-4-9-20/h2-15H,16H2,1H3,(H,27,31)/b26-15+. The van der Waals surface area contributed by atoms with E-state index in [2.05, 4.69) is 36.7 Å². The smallest absolute Gasteiger partial charge is 0.250 e. The Balaban J connectivity index is 1.49. The van der Waals surface area contributed by atoms with Gasteiger partial charge in [-0.25, -0.2) is 5.43 Å². The molecule has 1 amide bonds. The normalized spacial score (nSPS) is 11.0. The molecule has 0 aliphatic carbocycles. The van der Waals surface area contributed by atoms with Crippen molar-refractivity contribution in [2.24, 2.45) is 5.10 Å². The molecule has 3 aromatic carbocycles. The molecule has 0 bridgehead atoms. The van der Waals surface area contributed by atoms with Gasteiger partial charge < -0.3 is 4.74 Å². The highest BCUT2D eigenvalue weighted by Crippen LogP contribution is 2.28. The van der Waals surface area contributed by atoms with Gasteiger partial charge >= 0.3 is 0 Å². The first-order valence-corrected chi connectivity index (χ1v) is 11.8. The highest BCUT2D eigenvalue weighted by atomic mass is 79.9. The van der Waals surface area contributed by atoms with Crippen LogP contribution in [0.4, 0.5) is 0 Å². The van der Waals surface area contributed by atoms with Crippen LogP contribution in [-0.2, 0) is 4.79 Å². The van der Waals surface area contributed by atoms with Gasteiger partial charge in [0, 0.05) is 21.3 Å². The third-order valence-electron chi connectivity index (χ3n) is 4.61. The van der Waals surface area contributed by atoms with Crippen molar-refractivity contribution in [1.82, 2.24) is 20.2 Å². The summed E-state index contributed by atoms with van der Waals surface area (Å²) in [7, 11) is 1.59. The first-order chi connectivity index (χ1) is 16.2. The fraction of sp³-hybridized carbons (Fsp3) is 0.0833. The number of rotatable bonds is 8. The molecule has 166 valence electrons. The van der Waals surface area contributed by atoms with Gasteiger partial charge in [0.1, 0.15) is 5.75 Å². The van der Waals surface area contributed by atoms with Gasteiger partial charge in [-0.05, 0) is 36.4 Å². The Labute approximate surface area is 204 Å². The van der Waals surface area contributed by atoms with E-state index in [-0.39, 0.29) is 11.7 Å². The lowest BCUT2D eigenvalue weighted by atomic mass is 10.2. The largest absolute Gasteiger partial charge is 0.496 e. The summed E-state index contributed by atoms with van der Waals surface area (Å²) in [5.41, 5.74) is 5.16. The molecule has 0 atom stereocenters. The Kier molecular flexibility index (Phi) is 7.54. The van der Waals surface area contributed by atoms with E-state index in [1.807, 2.05) is 83.4 Å². The Morgan fingerprint density at radius 2 is 1.79 bits per heavy atom. The van der Waals surface area contributed by atoms with Crippen molar-refractivity contribution in [3.05, 3.63) is 88.9 Å². The van der Waals surface area contributed by atoms with Crippen molar-refractivity contribution in [2.75, 3.05) is 12.9 Å². The quantitative estimate of drug-likeness (QED) is 0.201. The van der Waals surface area contributed by atoms with Gasteiger partial charge in [0.25, 0.3) is 5.91 Å². The van der Waals surface area contributed by atoms with Crippen molar-refractivity contribution in [3.63, 3.8) is 0 Å². The van der Waals surface area contributed by atoms with Gasteiger partial charge in [-0.2, -0.15) is 5.10 Å². The van der Waals surface area contributed by atoms with Crippen molar-refractivity contribution in [1.29, 1.82) is 0 Å². The van der Waals surface area contributed by atoms with Crippen molar-refractivity contribution in [2.45, 2.75) is 5.16 Å². The summed E-state index contributed by atoms with van der Waals surface area (Å²) in [6.45, 7) is 0. The summed E-state index contributed by atoms with van der Waals surface area (Å²) in [5.74, 6) is 1.26. The van der Waals surface area contributed by atoms with Crippen LogP contribution >= 0.6 is 27.7 Å². The molecule has 0 fully saturated rings. The number of hydrogen-bond donors (Lipinski definition) is 1. The molecule has 0 saturated carbocycles. The maximum Gasteiger partial charge on any atom is 0.250 e. The summed E-state index contributed by atoms with van der Waals surface area (Å²) in [6, 6.07) is 25.1. The average molecular weight is 522 g/mol. The second kappa shape index (κ2) is 10.9. The number of thioether (sulfide) groups is 1. The monoisotopic (exact) mass is 521 g/mol. The number of amides is 1. The Bertz CT molecular complexity index is 1260. The molecule has 0 aliphatic rings. The van der Waals surface area contributed by atoms with Crippen LogP contribution in [0.25, 0.3) is 17.1 Å². The minimum Gasteiger partial charge on any atom is -0.496 e. The van der Waals surface area contributed by atoms with Crippen LogP contribution in [-0.4, -0.2) is 39.7 Å². The second-order valence-corrected chi connectivity index (χ2v) is 8.67. The third kappa shape index (κ3) is 5.68. The Morgan fingerprint density at radius 1 is 1.06 bits per heavy atom. The number of para-hydroxylation sites is 2. The van der Waals surface area contributed by atoms with Gasteiger partial charge in [-0.3, -0.25) is 9.36 Å². The van der Waals surface area contributed by atoms with E-state index in [1.165, 1.54) is 11.8 Å². The molecule has 33 heavy (non-hydrogen) atoms. The van der Waals surface area contributed by atoms with Crippen molar-refractivity contribution >= 4 is 39.8 Å². The van der Waals surface area contributed by atoms with Crippen LogP contribution in [0.2, 0.25) is 0 Å². The maximum absolute atomic E-state index is 12.4. The summed E-state index contributed by atoms with van der Waals surface area (Å²) < 4.78 is 8.21. The van der Waals surface area contributed by atoms with Crippen LogP contribution in [0.3, 0.4) is 0 Å². The molecule has 4 rings (SSSR count). The van der Waals surface area contributed by atoms with Crippen LogP contribution in [0.1, 0.15) is 5.56 Å². The number of carbonyl (C=O) groups is 1. The molecule has 0 unspecified atom stereocenters. The lowest BCUT2D eigenvalue weighted by molar-refractivity contribution is -0.118. The summed E-state index contributed by atoms with van der Waals surface area (Å²) >= 11 is 4.75. The van der Waals surface area contributed by atoms with E-state index in [4.69, 9.17) is 4.74 Å². The molecule has 0 saturated heterocycles. The zero-order valence-corrected chi connectivity index (χ0v) is 20.1. The highest BCUT2D eigenvalue weighted by molar-refractivity contribution is 9.10. The topological polar surface area (TPSA) is 81.4 Å². The molecule has 1 aromatic heterocycles. The molecule has 4 aromatic rings. The second-order valence-electron chi connectivity index (χ2n) is 6.81. The number of halogens is 1. The van der Waals surface area contributed by atoms with Crippen LogP contribution < -0.4 is 10.2 Å². The number of benzene rings is 3. The van der Waals surface area contributed by atoms with E-state index in [0.29, 0.717) is 16.7 Å². The van der Waals surface area contributed by atoms with Gasteiger partial charge in [0.15, 0.2) is 11.0 Å². The number of aromatic nitrogens is 3. The van der Waals surface area contributed by atoms with Gasteiger partial charge in [0.2, 0.25) is 0 Å². The number of ether oxygens (including phenoxy) is 1. The highest BCUT2D eigenvalue weighted by Gasteiger charge is 2.17.